The maximum Gasteiger partial charge on any atom is 0.277 e. The van der Waals surface area contributed by atoms with Crippen LogP contribution in [0.25, 0.3) is 5.52 Å². The van der Waals surface area contributed by atoms with Gasteiger partial charge in [-0.05, 0) is 24.6 Å². The van der Waals surface area contributed by atoms with Crippen molar-refractivity contribution in [1.82, 2.24) is 14.0 Å². The predicted molar refractivity (Wildman–Crippen MR) is 74.3 cm³/mol. The zero-order chi connectivity index (χ0) is 15.0. The van der Waals surface area contributed by atoms with Gasteiger partial charge in [-0.3, -0.25) is 9.20 Å². The lowest BCUT2D eigenvalue weighted by Gasteiger charge is -2.08. The molecule has 0 N–H and O–H groups in total. The van der Waals surface area contributed by atoms with Crippen LogP contribution >= 0.6 is 0 Å². The summed E-state index contributed by atoms with van der Waals surface area (Å²) in [6, 6.07) is 3.21. The van der Waals surface area contributed by atoms with Gasteiger partial charge in [0.25, 0.3) is 5.56 Å². The smallest absolute Gasteiger partial charge is 0.277 e. The number of benzene rings is 1. The molecule has 108 valence electrons. The van der Waals surface area contributed by atoms with E-state index in [9.17, 15) is 13.6 Å². The Morgan fingerprint density at radius 3 is 2.81 bits per heavy atom. The van der Waals surface area contributed by atoms with Crippen molar-refractivity contribution in [1.29, 1.82) is 0 Å². The van der Waals surface area contributed by atoms with Crippen LogP contribution in [0.3, 0.4) is 0 Å². The Morgan fingerprint density at radius 1 is 1.24 bits per heavy atom. The normalized spacial score (nSPS) is 11.2. The lowest BCUT2D eigenvalue weighted by Crippen LogP contribution is -2.22. The topological polar surface area (TPSA) is 39.3 Å². The summed E-state index contributed by atoms with van der Waals surface area (Å²) in [5, 5.41) is 0. The van der Waals surface area contributed by atoms with Crippen molar-refractivity contribution in [3.8, 4) is 0 Å². The van der Waals surface area contributed by atoms with Crippen molar-refractivity contribution in [2.75, 3.05) is 0 Å². The highest BCUT2D eigenvalue weighted by Crippen LogP contribution is 2.11. The molecule has 0 aliphatic rings. The second kappa shape index (κ2) is 5.12. The molecular formula is C15H13F2N3O. The fourth-order valence-corrected chi connectivity index (χ4v) is 2.33. The SMILES string of the molecule is CCc1ncn2ccn(Cc3cc(F)ccc3F)c(=O)c12. The van der Waals surface area contributed by atoms with Crippen LogP contribution in [-0.4, -0.2) is 14.0 Å². The molecule has 4 nitrogen and oxygen atoms in total. The quantitative estimate of drug-likeness (QED) is 0.742. The fraction of sp³-hybridized carbons (Fsp3) is 0.200. The first-order chi connectivity index (χ1) is 10.1. The molecule has 0 radical (unpaired) electrons. The Kier molecular flexibility index (Phi) is 3.29. The fourth-order valence-electron chi connectivity index (χ4n) is 2.33. The van der Waals surface area contributed by atoms with E-state index < -0.39 is 11.6 Å². The van der Waals surface area contributed by atoms with E-state index in [1.54, 1.807) is 23.1 Å². The van der Waals surface area contributed by atoms with Crippen LogP contribution in [-0.2, 0) is 13.0 Å². The number of halogens is 2. The molecule has 0 atom stereocenters. The van der Waals surface area contributed by atoms with Crippen molar-refractivity contribution in [3.63, 3.8) is 0 Å². The number of fused-ring (bicyclic) bond motifs is 1. The van der Waals surface area contributed by atoms with Crippen molar-refractivity contribution in [2.24, 2.45) is 0 Å². The van der Waals surface area contributed by atoms with E-state index in [4.69, 9.17) is 0 Å². The van der Waals surface area contributed by atoms with Gasteiger partial charge in [0.05, 0.1) is 18.6 Å². The standard InChI is InChI=1S/C15H13F2N3O/c1-2-13-14-15(21)19(5-6-20(14)9-18-13)8-10-7-11(16)3-4-12(10)17/h3-7,9H,2,8H2,1H3. The summed E-state index contributed by atoms with van der Waals surface area (Å²) in [5.74, 6) is -1.06. The van der Waals surface area contributed by atoms with Crippen molar-refractivity contribution < 1.29 is 8.78 Å². The Labute approximate surface area is 119 Å². The maximum atomic E-state index is 13.7. The van der Waals surface area contributed by atoms with Crippen LogP contribution in [0.5, 0.6) is 0 Å². The highest BCUT2D eigenvalue weighted by Gasteiger charge is 2.11. The molecule has 0 fully saturated rings. The Morgan fingerprint density at radius 2 is 2.05 bits per heavy atom. The van der Waals surface area contributed by atoms with E-state index in [1.807, 2.05) is 6.92 Å². The van der Waals surface area contributed by atoms with Gasteiger partial charge in [-0.15, -0.1) is 0 Å². The number of aryl methyl sites for hydroxylation is 1. The Hall–Kier alpha value is -2.50. The van der Waals surface area contributed by atoms with Crippen molar-refractivity contribution in [3.05, 3.63) is 70.2 Å². The molecule has 2 aromatic heterocycles. The molecule has 3 aromatic rings. The molecule has 0 aliphatic heterocycles. The van der Waals surface area contributed by atoms with Crippen molar-refractivity contribution >= 4 is 5.52 Å². The van der Waals surface area contributed by atoms with Gasteiger partial charge in [0.2, 0.25) is 0 Å². The largest absolute Gasteiger partial charge is 0.308 e. The lowest BCUT2D eigenvalue weighted by atomic mass is 10.2. The summed E-state index contributed by atoms with van der Waals surface area (Å²) in [6.07, 6.45) is 5.42. The van der Waals surface area contributed by atoms with E-state index in [0.29, 0.717) is 17.6 Å². The first kappa shape index (κ1) is 13.5. The van der Waals surface area contributed by atoms with Gasteiger partial charge in [0, 0.05) is 18.0 Å². The van der Waals surface area contributed by atoms with Crippen LogP contribution in [0.4, 0.5) is 8.78 Å². The minimum Gasteiger partial charge on any atom is -0.308 e. The molecule has 0 saturated heterocycles. The van der Waals surface area contributed by atoms with Crippen molar-refractivity contribution in [2.45, 2.75) is 19.9 Å². The predicted octanol–water partition coefficient (Wildman–Crippen LogP) is 2.38. The molecule has 0 spiro atoms. The first-order valence-electron chi connectivity index (χ1n) is 6.59. The van der Waals surface area contributed by atoms with Gasteiger partial charge in [-0.1, -0.05) is 6.92 Å². The number of hydrogen-bond acceptors (Lipinski definition) is 2. The highest BCUT2D eigenvalue weighted by molar-refractivity contribution is 5.50. The molecule has 1 aromatic carbocycles. The molecule has 0 saturated carbocycles. The zero-order valence-electron chi connectivity index (χ0n) is 11.4. The third kappa shape index (κ3) is 2.33. The van der Waals surface area contributed by atoms with E-state index in [2.05, 4.69) is 4.98 Å². The second-order valence-electron chi connectivity index (χ2n) is 4.77. The molecule has 3 rings (SSSR count). The van der Waals surface area contributed by atoms with Crippen LogP contribution in [0, 0.1) is 11.6 Å². The molecule has 21 heavy (non-hydrogen) atoms. The number of imidazole rings is 1. The third-order valence-electron chi connectivity index (χ3n) is 3.42. The molecule has 0 amide bonds. The Balaban J connectivity index is 2.11. The van der Waals surface area contributed by atoms with Gasteiger partial charge < -0.3 is 4.57 Å². The lowest BCUT2D eigenvalue weighted by molar-refractivity contribution is 0.574. The minimum absolute atomic E-state index is 0.0206. The van der Waals surface area contributed by atoms with Crippen LogP contribution in [0.1, 0.15) is 18.2 Å². The van der Waals surface area contributed by atoms with Gasteiger partial charge in [0.15, 0.2) is 0 Å². The summed E-state index contributed by atoms with van der Waals surface area (Å²) in [6.45, 7) is 1.89. The maximum absolute atomic E-state index is 13.7. The Bertz CT molecular complexity index is 867. The van der Waals surface area contributed by atoms with E-state index in [1.165, 1.54) is 4.57 Å². The number of nitrogens with zero attached hydrogens (tertiary/aromatic N) is 3. The molecular weight excluding hydrogens is 276 g/mol. The summed E-state index contributed by atoms with van der Waals surface area (Å²) in [5.41, 5.74) is 1.03. The molecule has 0 bridgehead atoms. The summed E-state index contributed by atoms with van der Waals surface area (Å²) in [7, 11) is 0. The summed E-state index contributed by atoms with van der Waals surface area (Å²) >= 11 is 0. The van der Waals surface area contributed by atoms with Gasteiger partial charge >= 0.3 is 0 Å². The third-order valence-corrected chi connectivity index (χ3v) is 3.42. The van der Waals surface area contributed by atoms with Gasteiger partial charge in [-0.25, -0.2) is 13.8 Å². The number of rotatable bonds is 3. The summed E-state index contributed by atoms with van der Waals surface area (Å²) < 4.78 is 29.9. The molecule has 0 aliphatic carbocycles. The zero-order valence-corrected chi connectivity index (χ0v) is 11.4. The minimum atomic E-state index is -0.535. The average Bonchev–Trinajstić information content (AvgIpc) is 2.89. The van der Waals surface area contributed by atoms with E-state index >= 15 is 0 Å². The van der Waals surface area contributed by atoms with Crippen LogP contribution in [0.15, 0.2) is 41.7 Å². The molecule has 2 heterocycles. The number of hydrogen-bond donors (Lipinski definition) is 0. The van der Waals surface area contributed by atoms with Gasteiger partial charge in [-0.2, -0.15) is 0 Å². The number of aromatic nitrogens is 3. The van der Waals surface area contributed by atoms with E-state index in [0.717, 1.165) is 18.2 Å². The highest BCUT2D eigenvalue weighted by atomic mass is 19.1. The monoisotopic (exact) mass is 289 g/mol. The second-order valence-corrected chi connectivity index (χ2v) is 4.77. The molecule has 0 unspecified atom stereocenters. The van der Waals surface area contributed by atoms with Gasteiger partial charge in [0.1, 0.15) is 17.2 Å². The average molecular weight is 289 g/mol. The summed E-state index contributed by atoms with van der Waals surface area (Å²) in [4.78, 5) is 16.6. The van der Waals surface area contributed by atoms with Crippen LogP contribution in [0.2, 0.25) is 0 Å². The molecule has 6 heteroatoms. The first-order valence-corrected chi connectivity index (χ1v) is 6.59. The van der Waals surface area contributed by atoms with Crippen LogP contribution < -0.4 is 5.56 Å². The van der Waals surface area contributed by atoms with E-state index in [-0.39, 0.29) is 17.7 Å².